The van der Waals surface area contributed by atoms with E-state index >= 15 is 0 Å². The van der Waals surface area contributed by atoms with Gasteiger partial charge in [-0.3, -0.25) is 4.79 Å². The summed E-state index contributed by atoms with van der Waals surface area (Å²) in [5.74, 6) is -0.606. The Morgan fingerprint density at radius 2 is 1.87 bits per heavy atom. The van der Waals surface area contributed by atoms with E-state index in [-0.39, 0.29) is 24.0 Å². The second kappa shape index (κ2) is 9.15. The number of urea groups is 1. The maximum atomic E-state index is 13.6. The van der Waals surface area contributed by atoms with E-state index in [9.17, 15) is 14.0 Å². The molecular weight excluding hydrogens is 383 g/mol. The number of halogens is 1. The zero-order valence-electron chi connectivity index (χ0n) is 17.9. The van der Waals surface area contributed by atoms with Crippen LogP contribution in [-0.2, 0) is 6.54 Å². The first-order chi connectivity index (χ1) is 14.2. The smallest absolute Gasteiger partial charge is 0.319 e. The van der Waals surface area contributed by atoms with Crippen LogP contribution in [0.25, 0.3) is 0 Å². The molecule has 0 unspecified atom stereocenters. The molecule has 3 rings (SSSR count). The van der Waals surface area contributed by atoms with Crippen LogP contribution >= 0.6 is 0 Å². The summed E-state index contributed by atoms with van der Waals surface area (Å²) in [5, 5.41) is 5.65. The van der Waals surface area contributed by atoms with Gasteiger partial charge < -0.3 is 20.4 Å². The minimum atomic E-state index is -0.423. The van der Waals surface area contributed by atoms with Gasteiger partial charge >= 0.3 is 6.03 Å². The number of nitrogens with one attached hydrogen (secondary N) is 2. The Morgan fingerprint density at radius 1 is 1.13 bits per heavy atom. The third-order valence-electron chi connectivity index (χ3n) is 4.90. The van der Waals surface area contributed by atoms with Crippen LogP contribution in [0, 0.1) is 5.82 Å². The van der Waals surface area contributed by atoms with Crippen molar-refractivity contribution >= 4 is 23.3 Å². The van der Waals surface area contributed by atoms with Gasteiger partial charge in [-0.2, -0.15) is 0 Å². The Kier molecular flexibility index (Phi) is 6.59. The van der Waals surface area contributed by atoms with Crippen molar-refractivity contribution < 1.29 is 14.0 Å². The third kappa shape index (κ3) is 5.49. The van der Waals surface area contributed by atoms with Gasteiger partial charge in [0, 0.05) is 49.7 Å². The molecule has 0 bridgehead atoms. The molecule has 0 aromatic heterocycles. The molecule has 0 radical (unpaired) electrons. The van der Waals surface area contributed by atoms with E-state index in [1.54, 1.807) is 17.0 Å². The summed E-state index contributed by atoms with van der Waals surface area (Å²) in [7, 11) is 3.88. The lowest BCUT2D eigenvalue weighted by atomic mass is 10.1. The molecule has 1 aliphatic carbocycles. The van der Waals surface area contributed by atoms with Gasteiger partial charge in [0.2, 0.25) is 0 Å². The molecule has 30 heavy (non-hydrogen) atoms. The van der Waals surface area contributed by atoms with Gasteiger partial charge in [0.1, 0.15) is 5.82 Å². The topological polar surface area (TPSA) is 64.7 Å². The summed E-state index contributed by atoms with van der Waals surface area (Å²) in [6.07, 6.45) is 1.88. The van der Waals surface area contributed by atoms with E-state index in [1.165, 1.54) is 12.1 Å². The average molecular weight is 413 g/mol. The van der Waals surface area contributed by atoms with Gasteiger partial charge in [0.05, 0.1) is 0 Å². The predicted octanol–water partition coefficient (Wildman–Crippen LogP) is 4.23. The fourth-order valence-electron chi connectivity index (χ4n) is 3.38. The lowest BCUT2D eigenvalue weighted by Crippen LogP contribution is -2.34. The standard InChI is InChI=1S/C23H29FN4O2/c1-15(2)25-23(30)26-19-8-11-21(27(3)4)17(13-19)14-28(20-9-10-20)22(29)16-6-5-7-18(24)12-16/h5-8,11-13,15,20H,9-10,14H2,1-4H3,(H2,25,26,30). The van der Waals surface area contributed by atoms with E-state index in [2.05, 4.69) is 10.6 Å². The summed E-state index contributed by atoms with van der Waals surface area (Å²) in [4.78, 5) is 29.0. The summed E-state index contributed by atoms with van der Waals surface area (Å²) in [6.45, 7) is 4.17. The summed E-state index contributed by atoms with van der Waals surface area (Å²) in [5.41, 5.74) is 2.88. The number of carbonyl (C=O) groups is 2. The van der Waals surface area contributed by atoms with Crippen LogP contribution in [0.5, 0.6) is 0 Å². The monoisotopic (exact) mass is 412 g/mol. The van der Waals surface area contributed by atoms with Crippen LogP contribution in [0.1, 0.15) is 42.6 Å². The number of nitrogens with zero attached hydrogens (tertiary/aromatic N) is 2. The zero-order chi connectivity index (χ0) is 21.8. The molecule has 0 atom stereocenters. The quantitative estimate of drug-likeness (QED) is 0.715. The van der Waals surface area contributed by atoms with Crippen molar-refractivity contribution in [2.45, 2.75) is 45.3 Å². The molecule has 2 aromatic rings. The molecule has 1 aliphatic rings. The fourth-order valence-corrected chi connectivity index (χ4v) is 3.38. The van der Waals surface area contributed by atoms with Crippen molar-refractivity contribution in [3.63, 3.8) is 0 Å². The summed E-state index contributed by atoms with van der Waals surface area (Å²) in [6, 6.07) is 11.4. The maximum absolute atomic E-state index is 13.6. The van der Waals surface area contributed by atoms with Crippen molar-refractivity contribution in [2.75, 3.05) is 24.3 Å². The van der Waals surface area contributed by atoms with Crippen molar-refractivity contribution in [3.8, 4) is 0 Å². The molecule has 7 heteroatoms. The number of hydrogen-bond donors (Lipinski definition) is 2. The van der Waals surface area contributed by atoms with E-state index in [4.69, 9.17) is 0 Å². The fraction of sp³-hybridized carbons (Fsp3) is 0.391. The van der Waals surface area contributed by atoms with Crippen LogP contribution < -0.4 is 15.5 Å². The molecule has 1 fully saturated rings. The number of anilines is 2. The van der Waals surface area contributed by atoms with Crippen LogP contribution in [-0.4, -0.2) is 43.0 Å². The average Bonchev–Trinajstić information content (AvgIpc) is 3.50. The number of amides is 3. The number of carbonyl (C=O) groups excluding carboxylic acids is 2. The highest BCUT2D eigenvalue weighted by molar-refractivity contribution is 5.95. The van der Waals surface area contributed by atoms with Gasteiger partial charge in [-0.15, -0.1) is 0 Å². The van der Waals surface area contributed by atoms with Crippen molar-refractivity contribution in [1.82, 2.24) is 10.2 Å². The van der Waals surface area contributed by atoms with Crippen LogP contribution in [0.3, 0.4) is 0 Å². The number of benzene rings is 2. The largest absolute Gasteiger partial charge is 0.377 e. The normalized spacial score (nSPS) is 13.1. The first kappa shape index (κ1) is 21.6. The molecule has 3 amide bonds. The third-order valence-corrected chi connectivity index (χ3v) is 4.90. The second-order valence-electron chi connectivity index (χ2n) is 8.17. The first-order valence-corrected chi connectivity index (χ1v) is 10.2. The summed E-state index contributed by atoms with van der Waals surface area (Å²) >= 11 is 0. The van der Waals surface area contributed by atoms with E-state index in [1.807, 2.05) is 51.0 Å². The summed E-state index contributed by atoms with van der Waals surface area (Å²) < 4.78 is 13.6. The Morgan fingerprint density at radius 3 is 2.47 bits per heavy atom. The minimum absolute atomic E-state index is 0.0276. The molecule has 160 valence electrons. The Bertz CT molecular complexity index is 925. The Balaban J connectivity index is 1.86. The van der Waals surface area contributed by atoms with Gasteiger partial charge in [-0.05, 0) is 68.7 Å². The minimum Gasteiger partial charge on any atom is -0.377 e. The first-order valence-electron chi connectivity index (χ1n) is 10.2. The SMILES string of the molecule is CC(C)NC(=O)Nc1ccc(N(C)C)c(CN(C(=O)c2cccc(F)c2)C2CC2)c1. The predicted molar refractivity (Wildman–Crippen MR) is 117 cm³/mol. The highest BCUT2D eigenvalue weighted by atomic mass is 19.1. The van der Waals surface area contributed by atoms with Gasteiger partial charge in [0.25, 0.3) is 5.91 Å². The zero-order valence-corrected chi connectivity index (χ0v) is 17.9. The van der Waals surface area contributed by atoms with Crippen LogP contribution in [0.2, 0.25) is 0 Å². The molecule has 0 spiro atoms. The molecule has 0 heterocycles. The van der Waals surface area contributed by atoms with Gasteiger partial charge in [0.15, 0.2) is 0 Å². The van der Waals surface area contributed by atoms with Crippen LogP contribution in [0.15, 0.2) is 42.5 Å². The molecule has 1 saturated carbocycles. The van der Waals surface area contributed by atoms with Gasteiger partial charge in [-0.25, -0.2) is 9.18 Å². The number of rotatable bonds is 7. The van der Waals surface area contributed by atoms with E-state index < -0.39 is 5.82 Å². The molecule has 2 aromatic carbocycles. The van der Waals surface area contributed by atoms with E-state index in [0.717, 1.165) is 24.1 Å². The highest BCUT2D eigenvalue weighted by Gasteiger charge is 2.33. The Labute approximate surface area is 177 Å². The maximum Gasteiger partial charge on any atom is 0.319 e. The van der Waals surface area contributed by atoms with E-state index in [0.29, 0.717) is 17.8 Å². The lowest BCUT2D eigenvalue weighted by molar-refractivity contribution is 0.0729. The molecule has 0 aliphatic heterocycles. The van der Waals surface area contributed by atoms with Crippen molar-refractivity contribution in [3.05, 3.63) is 59.4 Å². The highest BCUT2D eigenvalue weighted by Crippen LogP contribution is 2.32. The molecule has 6 nitrogen and oxygen atoms in total. The molecular formula is C23H29FN4O2. The molecule has 0 saturated heterocycles. The Hall–Kier alpha value is -3.09. The lowest BCUT2D eigenvalue weighted by Gasteiger charge is -2.26. The van der Waals surface area contributed by atoms with Crippen molar-refractivity contribution in [1.29, 1.82) is 0 Å². The second-order valence-corrected chi connectivity index (χ2v) is 8.17. The van der Waals surface area contributed by atoms with Gasteiger partial charge in [-0.1, -0.05) is 6.07 Å². The van der Waals surface area contributed by atoms with Crippen LogP contribution in [0.4, 0.5) is 20.6 Å². The number of hydrogen-bond acceptors (Lipinski definition) is 3. The van der Waals surface area contributed by atoms with Crippen molar-refractivity contribution in [2.24, 2.45) is 0 Å². The molecule has 2 N–H and O–H groups in total.